The predicted molar refractivity (Wildman–Crippen MR) is 62.9 cm³/mol. The van der Waals surface area contributed by atoms with Gasteiger partial charge in [-0.2, -0.15) is 0 Å². The highest BCUT2D eigenvalue weighted by Crippen LogP contribution is 2.19. The lowest BCUT2D eigenvalue weighted by molar-refractivity contribution is 0.0940. The second-order valence-corrected chi connectivity index (χ2v) is 4.26. The van der Waals surface area contributed by atoms with Gasteiger partial charge < -0.3 is 10.1 Å². The van der Waals surface area contributed by atoms with Gasteiger partial charge in [0.15, 0.2) is 0 Å². The number of halogens is 3. The fourth-order valence-electron chi connectivity index (χ4n) is 1.27. The first-order valence-electron chi connectivity index (χ1n) is 4.98. The van der Waals surface area contributed by atoms with Crippen molar-refractivity contribution in [3.63, 3.8) is 0 Å². The summed E-state index contributed by atoms with van der Waals surface area (Å²) in [6.07, 6.45) is 0.585. The molecule has 17 heavy (non-hydrogen) atoms. The molecule has 0 unspecified atom stereocenters. The molecule has 1 aromatic carbocycles. The Morgan fingerprint density at radius 3 is 2.53 bits per heavy atom. The summed E-state index contributed by atoms with van der Waals surface area (Å²) in [6.45, 7) is 0.785. The summed E-state index contributed by atoms with van der Waals surface area (Å²) in [5, 5.41) is 2.42. The molecule has 0 atom stereocenters. The highest BCUT2D eigenvalue weighted by Gasteiger charge is 2.17. The van der Waals surface area contributed by atoms with E-state index >= 15 is 0 Å². The summed E-state index contributed by atoms with van der Waals surface area (Å²) in [6, 6.07) is 2.10. The van der Waals surface area contributed by atoms with Crippen LogP contribution in [0, 0.1) is 11.6 Å². The van der Waals surface area contributed by atoms with Crippen LogP contribution in [0.5, 0.6) is 0 Å². The maximum Gasteiger partial charge on any atom is 0.257 e. The van der Waals surface area contributed by atoms with E-state index in [0.29, 0.717) is 19.6 Å². The molecule has 0 aliphatic heterocycles. The fraction of sp³-hybridized carbons (Fsp3) is 0.364. The Labute approximate surface area is 106 Å². The van der Waals surface area contributed by atoms with E-state index in [-0.39, 0.29) is 4.47 Å². The molecule has 0 radical (unpaired) electrons. The molecule has 0 heterocycles. The second kappa shape index (κ2) is 6.66. The average molecular weight is 308 g/mol. The van der Waals surface area contributed by atoms with Gasteiger partial charge in [0.2, 0.25) is 0 Å². The first-order chi connectivity index (χ1) is 8.06. The van der Waals surface area contributed by atoms with Crippen molar-refractivity contribution >= 4 is 21.8 Å². The Bertz CT molecular complexity index is 389. The molecule has 3 nitrogen and oxygen atoms in total. The zero-order valence-electron chi connectivity index (χ0n) is 9.23. The Balaban J connectivity index is 2.69. The molecule has 6 heteroatoms. The Kier molecular flexibility index (Phi) is 5.50. The third kappa shape index (κ3) is 4.05. The van der Waals surface area contributed by atoms with Crippen LogP contribution < -0.4 is 5.32 Å². The van der Waals surface area contributed by atoms with Gasteiger partial charge in [0.25, 0.3) is 5.91 Å². The van der Waals surface area contributed by atoms with Gasteiger partial charge in [0.1, 0.15) is 17.2 Å². The van der Waals surface area contributed by atoms with Gasteiger partial charge >= 0.3 is 0 Å². The fourth-order valence-corrected chi connectivity index (χ4v) is 1.67. The Hall–Kier alpha value is -1.01. The molecule has 0 aromatic heterocycles. The quantitative estimate of drug-likeness (QED) is 0.849. The number of amides is 1. The number of hydrogen-bond donors (Lipinski definition) is 1. The Morgan fingerprint density at radius 1 is 1.41 bits per heavy atom. The van der Waals surface area contributed by atoms with Gasteiger partial charge in [-0.05, 0) is 18.6 Å². The molecule has 1 amide bonds. The van der Waals surface area contributed by atoms with Gasteiger partial charge in [-0.25, -0.2) is 8.78 Å². The average Bonchev–Trinajstić information content (AvgIpc) is 2.23. The summed E-state index contributed by atoms with van der Waals surface area (Å²) >= 11 is 2.94. The van der Waals surface area contributed by atoms with E-state index < -0.39 is 23.1 Å². The zero-order chi connectivity index (χ0) is 12.8. The maximum absolute atomic E-state index is 13.4. The standard InChI is InChI=1S/C11H12BrF2NO2/c1-17-4-2-3-15-11(16)10-8(13)5-7(12)6-9(10)14/h5-6H,2-4H2,1H3,(H,15,16). The van der Waals surface area contributed by atoms with E-state index in [1.165, 1.54) is 7.11 Å². The number of carbonyl (C=O) groups excluding carboxylic acids is 1. The Morgan fingerprint density at radius 2 is 2.00 bits per heavy atom. The molecule has 94 valence electrons. The molecule has 0 aliphatic carbocycles. The van der Waals surface area contributed by atoms with Gasteiger partial charge in [0.05, 0.1) is 0 Å². The number of benzene rings is 1. The van der Waals surface area contributed by atoms with Crippen molar-refractivity contribution in [1.82, 2.24) is 5.32 Å². The van der Waals surface area contributed by atoms with Gasteiger partial charge in [-0.15, -0.1) is 0 Å². The van der Waals surface area contributed by atoms with Crippen molar-refractivity contribution < 1.29 is 18.3 Å². The van der Waals surface area contributed by atoms with Gasteiger partial charge in [-0.1, -0.05) is 15.9 Å². The summed E-state index contributed by atoms with van der Waals surface area (Å²) in [5.74, 6) is -2.54. The highest BCUT2D eigenvalue weighted by atomic mass is 79.9. The van der Waals surface area contributed by atoms with E-state index in [1.807, 2.05) is 0 Å². The summed E-state index contributed by atoms with van der Waals surface area (Å²) < 4.78 is 31.8. The van der Waals surface area contributed by atoms with E-state index in [4.69, 9.17) is 4.74 Å². The van der Waals surface area contributed by atoms with Crippen molar-refractivity contribution in [2.75, 3.05) is 20.3 Å². The maximum atomic E-state index is 13.4. The van der Waals surface area contributed by atoms with Crippen molar-refractivity contribution in [3.8, 4) is 0 Å². The lowest BCUT2D eigenvalue weighted by atomic mass is 10.2. The lowest BCUT2D eigenvalue weighted by Crippen LogP contribution is -2.27. The van der Waals surface area contributed by atoms with E-state index in [2.05, 4.69) is 21.2 Å². The third-order valence-electron chi connectivity index (χ3n) is 2.04. The minimum Gasteiger partial charge on any atom is -0.385 e. The second-order valence-electron chi connectivity index (χ2n) is 3.35. The van der Waals surface area contributed by atoms with E-state index in [0.717, 1.165) is 12.1 Å². The van der Waals surface area contributed by atoms with Crippen LogP contribution in [-0.4, -0.2) is 26.2 Å². The summed E-state index contributed by atoms with van der Waals surface area (Å²) in [5.41, 5.74) is -0.564. The van der Waals surface area contributed by atoms with Crippen LogP contribution in [0.15, 0.2) is 16.6 Å². The normalized spacial score (nSPS) is 10.4. The largest absolute Gasteiger partial charge is 0.385 e. The van der Waals surface area contributed by atoms with E-state index in [9.17, 15) is 13.6 Å². The van der Waals surface area contributed by atoms with Gasteiger partial charge in [-0.3, -0.25) is 4.79 Å². The topological polar surface area (TPSA) is 38.3 Å². The van der Waals surface area contributed by atoms with Gasteiger partial charge in [0, 0.05) is 24.7 Å². The van der Waals surface area contributed by atoms with Crippen LogP contribution in [0.2, 0.25) is 0 Å². The molecule has 0 spiro atoms. The molecular formula is C11H12BrF2NO2. The van der Waals surface area contributed by atoms with Crippen LogP contribution in [0.3, 0.4) is 0 Å². The number of carbonyl (C=O) groups is 1. The summed E-state index contributed by atoms with van der Waals surface area (Å²) in [7, 11) is 1.54. The molecular weight excluding hydrogens is 296 g/mol. The lowest BCUT2D eigenvalue weighted by Gasteiger charge is -2.07. The smallest absolute Gasteiger partial charge is 0.257 e. The molecule has 1 N–H and O–H groups in total. The molecule has 0 aliphatic rings. The predicted octanol–water partition coefficient (Wildman–Crippen LogP) is 2.49. The first kappa shape index (κ1) is 14.1. The molecule has 0 fully saturated rings. The molecule has 0 bridgehead atoms. The van der Waals surface area contributed by atoms with Crippen LogP contribution in [-0.2, 0) is 4.74 Å². The van der Waals surface area contributed by atoms with Crippen LogP contribution in [0.25, 0.3) is 0 Å². The van der Waals surface area contributed by atoms with Crippen molar-refractivity contribution in [2.45, 2.75) is 6.42 Å². The number of ether oxygens (including phenoxy) is 1. The highest BCUT2D eigenvalue weighted by molar-refractivity contribution is 9.10. The minimum absolute atomic E-state index is 0.253. The first-order valence-corrected chi connectivity index (χ1v) is 5.77. The van der Waals surface area contributed by atoms with E-state index in [1.54, 1.807) is 0 Å². The van der Waals surface area contributed by atoms with Crippen LogP contribution in [0.4, 0.5) is 8.78 Å². The number of rotatable bonds is 5. The van der Waals surface area contributed by atoms with Crippen LogP contribution >= 0.6 is 15.9 Å². The molecule has 1 aromatic rings. The number of methoxy groups -OCH3 is 1. The van der Waals surface area contributed by atoms with Crippen molar-refractivity contribution in [2.24, 2.45) is 0 Å². The third-order valence-corrected chi connectivity index (χ3v) is 2.50. The molecule has 1 rings (SSSR count). The minimum atomic E-state index is -0.888. The number of nitrogens with one attached hydrogen (secondary N) is 1. The van der Waals surface area contributed by atoms with Crippen molar-refractivity contribution in [3.05, 3.63) is 33.8 Å². The summed E-state index contributed by atoms with van der Waals surface area (Å²) in [4.78, 5) is 11.5. The van der Waals surface area contributed by atoms with Crippen molar-refractivity contribution in [1.29, 1.82) is 0 Å². The monoisotopic (exact) mass is 307 g/mol. The molecule has 0 saturated carbocycles. The SMILES string of the molecule is COCCCNC(=O)c1c(F)cc(Br)cc1F. The number of hydrogen-bond acceptors (Lipinski definition) is 2. The molecule has 0 saturated heterocycles. The van der Waals surface area contributed by atoms with Crippen LogP contribution in [0.1, 0.15) is 16.8 Å². The zero-order valence-corrected chi connectivity index (χ0v) is 10.8.